The zero-order valence-corrected chi connectivity index (χ0v) is 13.6. The molecule has 1 N–H and O–H groups in total. The summed E-state index contributed by atoms with van der Waals surface area (Å²) in [5, 5.41) is 3.21. The highest BCUT2D eigenvalue weighted by Gasteiger charge is 2.05. The summed E-state index contributed by atoms with van der Waals surface area (Å²) in [6.07, 6.45) is 8.13. The molecule has 0 atom stereocenters. The van der Waals surface area contributed by atoms with Crippen LogP contribution in [0.15, 0.2) is 61.2 Å². The fourth-order valence-corrected chi connectivity index (χ4v) is 2.28. The highest BCUT2D eigenvalue weighted by Crippen LogP contribution is 2.12. The number of rotatable bonds is 7. The Morgan fingerprint density at radius 2 is 1.83 bits per heavy atom. The van der Waals surface area contributed by atoms with Gasteiger partial charge in [-0.15, -0.1) is 0 Å². The van der Waals surface area contributed by atoms with Crippen molar-refractivity contribution in [1.82, 2.24) is 19.9 Å². The smallest absolute Gasteiger partial charge is 0.224 e. The SMILES string of the molecule is CN(CCc1ccncc1)c1ccnc(NCc2ccccn2)n1. The molecule has 0 saturated carbocycles. The Bertz CT molecular complexity index is 748. The highest BCUT2D eigenvalue weighted by atomic mass is 15.2. The van der Waals surface area contributed by atoms with E-state index in [0.717, 1.165) is 24.5 Å². The average molecular weight is 320 g/mol. The van der Waals surface area contributed by atoms with Crippen molar-refractivity contribution in [2.24, 2.45) is 0 Å². The Labute approximate surface area is 141 Å². The van der Waals surface area contributed by atoms with Crippen LogP contribution < -0.4 is 10.2 Å². The van der Waals surface area contributed by atoms with Crippen molar-refractivity contribution in [2.75, 3.05) is 23.8 Å². The van der Waals surface area contributed by atoms with Crippen LogP contribution in [0.1, 0.15) is 11.3 Å². The van der Waals surface area contributed by atoms with Crippen LogP contribution in [0.3, 0.4) is 0 Å². The maximum absolute atomic E-state index is 4.56. The summed E-state index contributed by atoms with van der Waals surface area (Å²) in [5.41, 5.74) is 2.22. The van der Waals surface area contributed by atoms with Gasteiger partial charge < -0.3 is 10.2 Å². The molecule has 6 heteroatoms. The lowest BCUT2D eigenvalue weighted by atomic mass is 10.2. The zero-order valence-electron chi connectivity index (χ0n) is 13.6. The fraction of sp³-hybridized carbons (Fsp3) is 0.222. The molecule has 0 radical (unpaired) electrons. The van der Waals surface area contributed by atoms with Crippen molar-refractivity contribution < 1.29 is 0 Å². The third-order valence-electron chi connectivity index (χ3n) is 3.67. The summed E-state index contributed by atoms with van der Waals surface area (Å²) >= 11 is 0. The standard InChI is InChI=1S/C18H20N6/c1-24(13-8-15-5-10-19-11-6-15)17-7-12-21-18(23-17)22-14-16-4-2-3-9-20-16/h2-7,9-12H,8,13-14H2,1H3,(H,21,22,23). The molecule has 122 valence electrons. The van der Waals surface area contributed by atoms with E-state index in [2.05, 4.69) is 30.2 Å². The number of anilines is 2. The first-order valence-corrected chi connectivity index (χ1v) is 7.88. The quantitative estimate of drug-likeness (QED) is 0.722. The summed E-state index contributed by atoms with van der Waals surface area (Å²) in [5.74, 6) is 1.50. The van der Waals surface area contributed by atoms with Crippen LogP contribution in [0.5, 0.6) is 0 Å². The van der Waals surface area contributed by atoms with E-state index in [9.17, 15) is 0 Å². The minimum Gasteiger partial charge on any atom is -0.359 e. The van der Waals surface area contributed by atoms with Gasteiger partial charge >= 0.3 is 0 Å². The largest absolute Gasteiger partial charge is 0.359 e. The molecular formula is C18H20N6. The lowest BCUT2D eigenvalue weighted by Crippen LogP contribution is -2.22. The predicted octanol–water partition coefficient (Wildman–Crippen LogP) is 2.56. The number of nitrogens with zero attached hydrogens (tertiary/aromatic N) is 5. The van der Waals surface area contributed by atoms with Gasteiger partial charge in [0.15, 0.2) is 0 Å². The Morgan fingerprint density at radius 3 is 2.62 bits per heavy atom. The van der Waals surface area contributed by atoms with Gasteiger partial charge in [0.2, 0.25) is 5.95 Å². The molecule has 0 aliphatic carbocycles. The monoisotopic (exact) mass is 320 g/mol. The maximum Gasteiger partial charge on any atom is 0.224 e. The minimum atomic E-state index is 0.602. The lowest BCUT2D eigenvalue weighted by Gasteiger charge is -2.18. The molecule has 24 heavy (non-hydrogen) atoms. The van der Waals surface area contributed by atoms with Gasteiger partial charge in [-0.05, 0) is 42.3 Å². The summed E-state index contributed by atoms with van der Waals surface area (Å²) in [6, 6.07) is 11.8. The first-order chi connectivity index (χ1) is 11.8. The van der Waals surface area contributed by atoms with Crippen LogP contribution in [0.4, 0.5) is 11.8 Å². The van der Waals surface area contributed by atoms with E-state index < -0.39 is 0 Å². The van der Waals surface area contributed by atoms with Crippen molar-refractivity contribution in [2.45, 2.75) is 13.0 Å². The average Bonchev–Trinajstić information content (AvgIpc) is 2.66. The summed E-state index contributed by atoms with van der Waals surface area (Å²) in [6.45, 7) is 1.48. The predicted molar refractivity (Wildman–Crippen MR) is 94.8 cm³/mol. The third-order valence-corrected chi connectivity index (χ3v) is 3.67. The zero-order chi connectivity index (χ0) is 16.6. The molecule has 3 heterocycles. The van der Waals surface area contributed by atoms with Gasteiger partial charge in [0, 0.05) is 38.4 Å². The second-order valence-electron chi connectivity index (χ2n) is 5.44. The topological polar surface area (TPSA) is 66.8 Å². The number of aromatic nitrogens is 4. The van der Waals surface area contributed by atoms with E-state index in [0.29, 0.717) is 12.5 Å². The van der Waals surface area contributed by atoms with Crippen LogP contribution in [-0.4, -0.2) is 33.5 Å². The number of hydrogen-bond acceptors (Lipinski definition) is 6. The Hall–Kier alpha value is -3.02. The minimum absolute atomic E-state index is 0.602. The Kier molecular flexibility index (Phi) is 5.29. The molecule has 0 fully saturated rings. The molecule has 0 aliphatic heterocycles. The summed E-state index contributed by atoms with van der Waals surface area (Å²) < 4.78 is 0. The van der Waals surface area contributed by atoms with Crippen molar-refractivity contribution in [3.63, 3.8) is 0 Å². The van der Waals surface area contributed by atoms with Crippen molar-refractivity contribution in [3.05, 3.63) is 72.4 Å². The maximum atomic E-state index is 4.56. The fourth-order valence-electron chi connectivity index (χ4n) is 2.28. The molecule has 3 aromatic heterocycles. The van der Waals surface area contributed by atoms with Gasteiger partial charge in [-0.1, -0.05) is 6.07 Å². The molecule has 0 aromatic carbocycles. The van der Waals surface area contributed by atoms with Gasteiger partial charge in [0.1, 0.15) is 5.82 Å². The van der Waals surface area contributed by atoms with E-state index in [-0.39, 0.29) is 0 Å². The molecular weight excluding hydrogens is 300 g/mol. The van der Waals surface area contributed by atoms with Gasteiger partial charge in [0.25, 0.3) is 0 Å². The number of pyridine rings is 2. The second kappa shape index (κ2) is 8.01. The van der Waals surface area contributed by atoms with Crippen LogP contribution in [-0.2, 0) is 13.0 Å². The van der Waals surface area contributed by atoms with E-state index in [4.69, 9.17) is 0 Å². The van der Waals surface area contributed by atoms with Crippen LogP contribution in [0, 0.1) is 0 Å². The number of nitrogens with one attached hydrogen (secondary N) is 1. The molecule has 0 spiro atoms. The van der Waals surface area contributed by atoms with E-state index in [1.807, 2.05) is 55.8 Å². The molecule has 0 unspecified atom stereocenters. The lowest BCUT2D eigenvalue weighted by molar-refractivity contribution is 0.853. The van der Waals surface area contributed by atoms with Crippen molar-refractivity contribution in [3.8, 4) is 0 Å². The van der Waals surface area contributed by atoms with Crippen LogP contribution in [0.2, 0.25) is 0 Å². The second-order valence-corrected chi connectivity index (χ2v) is 5.44. The van der Waals surface area contributed by atoms with Gasteiger partial charge in [-0.2, -0.15) is 4.98 Å². The number of hydrogen-bond donors (Lipinski definition) is 1. The molecule has 0 aliphatic rings. The Balaban J connectivity index is 1.57. The van der Waals surface area contributed by atoms with E-state index in [1.54, 1.807) is 12.4 Å². The molecule has 0 amide bonds. The van der Waals surface area contributed by atoms with Gasteiger partial charge in [-0.3, -0.25) is 9.97 Å². The molecule has 0 bridgehead atoms. The molecule has 3 aromatic rings. The molecule has 0 saturated heterocycles. The van der Waals surface area contributed by atoms with Gasteiger partial charge in [0.05, 0.1) is 12.2 Å². The molecule has 6 nitrogen and oxygen atoms in total. The van der Waals surface area contributed by atoms with E-state index >= 15 is 0 Å². The van der Waals surface area contributed by atoms with Crippen LogP contribution in [0.25, 0.3) is 0 Å². The number of likely N-dealkylation sites (N-methyl/N-ethyl adjacent to an activating group) is 1. The summed E-state index contributed by atoms with van der Waals surface area (Å²) in [7, 11) is 2.03. The summed E-state index contributed by atoms with van der Waals surface area (Å²) in [4.78, 5) is 19.3. The van der Waals surface area contributed by atoms with Crippen LogP contribution >= 0.6 is 0 Å². The molecule has 3 rings (SSSR count). The van der Waals surface area contributed by atoms with E-state index in [1.165, 1.54) is 5.56 Å². The first kappa shape index (κ1) is 15.9. The third kappa shape index (κ3) is 4.49. The highest BCUT2D eigenvalue weighted by molar-refractivity contribution is 5.42. The van der Waals surface area contributed by atoms with Crippen molar-refractivity contribution >= 4 is 11.8 Å². The van der Waals surface area contributed by atoms with Crippen molar-refractivity contribution in [1.29, 1.82) is 0 Å². The van der Waals surface area contributed by atoms with Gasteiger partial charge in [-0.25, -0.2) is 4.98 Å². The first-order valence-electron chi connectivity index (χ1n) is 7.88. The Morgan fingerprint density at radius 1 is 0.958 bits per heavy atom. The normalized spacial score (nSPS) is 10.4.